The summed E-state index contributed by atoms with van der Waals surface area (Å²) in [6, 6.07) is 8.13. The lowest BCUT2D eigenvalue weighted by Crippen LogP contribution is -2.20. The molecule has 0 aliphatic rings. The van der Waals surface area contributed by atoms with E-state index in [0.29, 0.717) is 6.54 Å². The van der Waals surface area contributed by atoms with E-state index >= 15 is 0 Å². The molecule has 3 heteroatoms. The Labute approximate surface area is 112 Å². The van der Waals surface area contributed by atoms with Crippen molar-refractivity contribution in [2.24, 2.45) is 0 Å². The van der Waals surface area contributed by atoms with E-state index in [-0.39, 0.29) is 12.4 Å². The van der Waals surface area contributed by atoms with Gasteiger partial charge in [0.15, 0.2) is 0 Å². The van der Waals surface area contributed by atoms with E-state index in [0.717, 1.165) is 22.2 Å². The lowest BCUT2D eigenvalue weighted by molar-refractivity contribution is 0.425. The molecule has 1 aromatic carbocycles. The number of terminal acetylenes is 1. The van der Waals surface area contributed by atoms with Crippen molar-refractivity contribution < 1.29 is 0 Å². The Balaban J connectivity index is 0.00000225. The molecule has 0 aliphatic heterocycles. The number of hydrogen-bond donors (Lipinski definition) is 0. The van der Waals surface area contributed by atoms with Gasteiger partial charge in [0.2, 0.25) is 0 Å². The molecule has 0 aliphatic carbocycles. The van der Waals surface area contributed by atoms with E-state index < -0.39 is 0 Å². The Hall–Kier alpha value is -0.750. The smallest absolute Gasteiger partial charge is 0.0599 e. The van der Waals surface area contributed by atoms with Crippen LogP contribution in [0.15, 0.2) is 35.3 Å². The highest BCUT2D eigenvalue weighted by atomic mass is 79.9. The van der Waals surface area contributed by atoms with Crippen LogP contribution in [0, 0.1) is 12.3 Å². The highest BCUT2D eigenvalue weighted by molar-refractivity contribution is 9.10. The molecule has 0 N–H and O–H groups in total. The molecule has 1 rings (SSSR count). The van der Waals surface area contributed by atoms with Crippen molar-refractivity contribution in [1.82, 2.24) is 4.90 Å². The van der Waals surface area contributed by atoms with Crippen LogP contribution in [0.2, 0.25) is 0 Å². The summed E-state index contributed by atoms with van der Waals surface area (Å²) in [6.45, 7) is 5.50. The summed E-state index contributed by atoms with van der Waals surface area (Å²) < 4.78 is 1.08. The van der Waals surface area contributed by atoms with E-state index in [1.807, 2.05) is 19.2 Å². The van der Waals surface area contributed by atoms with Gasteiger partial charge in [-0.3, -0.25) is 4.90 Å². The number of benzene rings is 1. The van der Waals surface area contributed by atoms with Gasteiger partial charge in [0.05, 0.1) is 6.54 Å². The zero-order valence-electron chi connectivity index (χ0n) is 9.24. The average molecular weight is 301 g/mol. The molecule has 0 bridgehead atoms. The van der Waals surface area contributed by atoms with E-state index in [9.17, 15) is 0 Å². The molecule has 0 heterocycles. The van der Waals surface area contributed by atoms with Crippen molar-refractivity contribution in [3.05, 3.63) is 40.9 Å². The van der Waals surface area contributed by atoms with Gasteiger partial charge in [-0.05, 0) is 30.3 Å². The van der Waals surface area contributed by atoms with Gasteiger partial charge in [-0.15, -0.1) is 18.8 Å². The second-order valence-electron chi connectivity index (χ2n) is 3.49. The zero-order valence-corrected chi connectivity index (χ0v) is 11.6. The lowest BCUT2D eigenvalue weighted by Gasteiger charge is -2.15. The maximum Gasteiger partial charge on any atom is 0.0599 e. The Bertz CT molecular complexity index is 378. The molecule has 0 atom stereocenters. The maximum absolute atomic E-state index is 5.24. The summed E-state index contributed by atoms with van der Waals surface area (Å²) in [4.78, 5) is 2.06. The number of hydrogen-bond acceptors (Lipinski definition) is 1. The minimum absolute atomic E-state index is 0. The number of halogens is 2. The van der Waals surface area contributed by atoms with Crippen LogP contribution >= 0.6 is 28.3 Å². The molecule has 0 amide bonds. The first-order valence-electron chi connectivity index (χ1n) is 4.69. The largest absolute Gasteiger partial charge is 0.291 e. The zero-order chi connectivity index (χ0) is 11.3. The van der Waals surface area contributed by atoms with Gasteiger partial charge in [-0.1, -0.05) is 40.6 Å². The predicted molar refractivity (Wildman–Crippen MR) is 76.8 cm³/mol. The summed E-state index contributed by atoms with van der Waals surface area (Å²) in [5.41, 5.74) is 2.24. The molecule has 16 heavy (non-hydrogen) atoms. The predicted octanol–water partition coefficient (Wildman–Crippen LogP) is 3.45. The van der Waals surface area contributed by atoms with Crippen molar-refractivity contribution >= 4 is 33.9 Å². The Morgan fingerprint density at radius 1 is 1.44 bits per heavy atom. The number of rotatable bonds is 4. The second kappa shape index (κ2) is 7.51. The first kappa shape index (κ1) is 15.2. The molecule has 0 saturated carbocycles. The highest BCUT2D eigenvalue weighted by Gasteiger charge is 2.02. The van der Waals surface area contributed by atoms with Crippen LogP contribution in [0.3, 0.4) is 0 Å². The molecule has 1 aromatic rings. The molecule has 86 valence electrons. The molecule has 1 nitrogen and oxygen atoms in total. The van der Waals surface area contributed by atoms with Gasteiger partial charge in [0.25, 0.3) is 0 Å². The second-order valence-corrected chi connectivity index (χ2v) is 4.40. The highest BCUT2D eigenvalue weighted by Crippen LogP contribution is 2.16. The SMILES string of the molecule is C#CCN(C)CC(=C)c1ccc(Br)cc1.Cl. The third-order valence-electron chi connectivity index (χ3n) is 2.07. The van der Waals surface area contributed by atoms with Crippen molar-refractivity contribution in [2.45, 2.75) is 0 Å². The maximum atomic E-state index is 5.24. The summed E-state index contributed by atoms with van der Waals surface area (Å²) in [7, 11) is 1.99. The number of likely N-dealkylation sites (N-methyl/N-ethyl adjacent to an activating group) is 1. The van der Waals surface area contributed by atoms with Crippen LogP contribution in [-0.2, 0) is 0 Å². The monoisotopic (exact) mass is 299 g/mol. The van der Waals surface area contributed by atoms with Crippen molar-refractivity contribution in [3.63, 3.8) is 0 Å². The third kappa shape index (κ3) is 4.85. The standard InChI is InChI=1S/C13H14BrN.ClH/c1-4-9-15(3)10-11(2)12-5-7-13(14)8-6-12;/h1,5-8H,2,9-10H2,3H3;1H. The minimum Gasteiger partial charge on any atom is -0.291 e. The third-order valence-corrected chi connectivity index (χ3v) is 2.60. The van der Waals surface area contributed by atoms with Crippen LogP contribution < -0.4 is 0 Å². The average Bonchev–Trinajstić information content (AvgIpc) is 2.18. The van der Waals surface area contributed by atoms with Crippen LogP contribution in [0.1, 0.15) is 5.56 Å². The fraction of sp³-hybridized carbons (Fsp3) is 0.231. The van der Waals surface area contributed by atoms with Crippen LogP contribution in [0.25, 0.3) is 5.57 Å². The van der Waals surface area contributed by atoms with Gasteiger partial charge in [0, 0.05) is 11.0 Å². The van der Waals surface area contributed by atoms with Crippen molar-refractivity contribution in [1.29, 1.82) is 0 Å². The first-order chi connectivity index (χ1) is 7.13. The molecular weight excluding hydrogens is 286 g/mol. The topological polar surface area (TPSA) is 3.24 Å². The molecule has 0 fully saturated rings. The lowest BCUT2D eigenvalue weighted by atomic mass is 10.1. The molecule has 0 aromatic heterocycles. The van der Waals surface area contributed by atoms with Gasteiger partial charge in [-0.25, -0.2) is 0 Å². The van der Waals surface area contributed by atoms with E-state index in [1.165, 1.54) is 0 Å². The first-order valence-corrected chi connectivity index (χ1v) is 5.48. The molecule has 0 spiro atoms. The summed E-state index contributed by atoms with van der Waals surface area (Å²) in [5.74, 6) is 2.61. The quantitative estimate of drug-likeness (QED) is 0.770. The Morgan fingerprint density at radius 3 is 2.50 bits per heavy atom. The van der Waals surface area contributed by atoms with E-state index in [1.54, 1.807) is 0 Å². The van der Waals surface area contributed by atoms with Gasteiger partial charge in [-0.2, -0.15) is 0 Å². The Morgan fingerprint density at radius 2 is 2.00 bits per heavy atom. The summed E-state index contributed by atoms with van der Waals surface area (Å²) in [5, 5.41) is 0. The summed E-state index contributed by atoms with van der Waals surface area (Å²) >= 11 is 3.40. The summed E-state index contributed by atoms with van der Waals surface area (Å²) in [6.07, 6.45) is 5.24. The van der Waals surface area contributed by atoms with Crippen LogP contribution in [0.5, 0.6) is 0 Å². The van der Waals surface area contributed by atoms with E-state index in [2.05, 4.69) is 45.5 Å². The van der Waals surface area contributed by atoms with Gasteiger partial charge in [0.1, 0.15) is 0 Å². The van der Waals surface area contributed by atoms with Crippen LogP contribution in [-0.4, -0.2) is 25.0 Å². The van der Waals surface area contributed by atoms with Crippen LogP contribution in [0.4, 0.5) is 0 Å². The molecular formula is C13H15BrClN. The fourth-order valence-electron chi connectivity index (χ4n) is 1.31. The van der Waals surface area contributed by atoms with E-state index in [4.69, 9.17) is 6.42 Å². The van der Waals surface area contributed by atoms with Crippen molar-refractivity contribution in [3.8, 4) is 12.3 Å². The van der Waals surface area contributed by atoms with Gasteiger partial charge < -0.3 is 0 Å². The Kier molecular flexibility index (Phi) is 7.16. The molecule has 0 saturated heterocycles. The minimum atomic E-state index is 0. The fourth-order valence-corrected chi connectivity index (χ4v) is 1.58. The normalized spacial score (nSPS) is 9.38. The van der Waals surface area contributed by atoms with Crippen molar-refractivity contribution in [2.75, 3.05) is 20.1 Å². The van der Waals surface area contributed by atoms with Gasteiger partial charge >= 0.3 is 0 Å². The molecule has 0 unspecified atom stereocenters. The molecule has 0 radical (unpaired) electrons. The number of nitrogens with zero attached hydrogens (tertiary/aromatic N) is 1.